The number of hydrogen-bond donors (Lipinski definition) is 0. The van der Waals surface area contributed by atoms with Crippen LogP contribution in [0.2, 0.25) is 0 Å². The van der Waals surface area contributed by atoms with Gasteiger partial charge in [0.15, 0.2) is 0 Å². The van der Waals surface area contributed by atoms with Crippen LogP contribution in [0.5, 0.6) is 5.75 Å². The van der Waals surface area contributed by atoms with Gasteiger partial charge in [0.05, 0.1) is 23.1 Å². The van der Waals surface area contributed by atoms with Gasteiger partial charge in [-0.1, -0.05) is 37.3 Å². The van der Waals surface area contributed by atoms with Crippen molar-refractivity contribution in [2.45, 2.75) is 19.8 Å². The molecule has 2 aliphatic carbocycles. The molecule has 1 aliphatic heterocycles. The summed E-state index contributed by atoms with van der Waals surface area (Å²) in [6.07, 6.45) is 5.94. The number of hydrogen-bond acceptors (Lipinski definition) is 4. The Balaban J connectivity index is 1.38. The highest BCUT2D eigenvalue weighted by Gasteiger charge is 2.59. The number of carbonyl (C=O) groups is 3. The van der Waals surface area contributed by atoms with E-state index >= 15 is 0 Å². The normalized spacial score (nSPS) is 26.9. The van der Waals surface area contributed by atoms with E-state index in [0.717, 1.165) is 18.4 Å². The van der Waals surface area contributed by atoms with E-state index in [1.807, 2.05) is 12.1 Å². The van der Waals surface area contributed by atoms with Gasteiger partial charge < -0.3 is 4.74 Å². The summed E-state index contributed by atoms with van der Waals surface area (Å²) in [6, 6.07) is 13.9. The van der Waals surface area contributed by atoms with Crippen LogP contribution in [-0.2, 0) is 16.0 Å². The van der Waals surface area contributed by atoms with Crippen LogP contribution in [0.3, 0.4) is 0 Å². The van der Waals surface area contributed by atoms with E-state index in [1.54, 1.807) is 36.4 Å². The molecule has 0 unspecified atom stereocenters. The Morgan fingerprint density at radius 2 is 1.66 bits per heavy atom. The van der Waals surface area contributed by atoms with Crippen molar-refractivity contribution in [3.63, 3.8) is 0 Å². The van der Waals surface area contributed by atoms with Crippen molar-refractivity contribution in [3.8, 4) is 5.75 Å². The monoisotopic (exact) mass is 387 g/mol. The molecule has 5 rings (SSSR count). The molecule has 1 heterocycles. The second-order valence-electron chi connectivity index (χ2n) is 7.95. The molecule has 5 nitrogen and oxygen atoms in total. The lowest BCUT2D eigenvalue weighted by Crippen LogP contribution is -2.33. The zero-order valence-electron chi connectivity index (χ0n) is 16.1. The fourth-order valence-electron chi connectivity index (χ4n) is 4.89. The molecule has 2 aromatic carbocycles. The Hall–Kier alpha value is -3.21. The van der Waals surface area contributed by atoms with Gasteiger partial charge in [-0.25, -0.2) is 9.69 Å². The van der Waals surface area contributed by atoms with E-state index in [0.29, 0.717) is 17.0 Å². The Labute approximate surface area is 169 Å². The van der Waals surface area contributed by atoms with E-state index in [4.69, 9.17) is 4.74 Å². The van der Waals surface area contributed by atoms with Crippen LogP contribution in [0.25, 0.3) is 0 Å². The molecule has 3 aliphatic rings. The summed E-state index contributed by atoms with van der Waals surface area (Å²) in [5, 5.41) is 0. The molecule has 2 aromatic rings. The van der Waals surface area contributed by atoms with E-state index < -0.39 is 5.97 Å². The Morgan fingerprint density at radius 3 is 2.28 bits per heavy atom. The van der Waals surface area contributed by atoms with E-state index in [-0.39, 0.29) is 35.5 Å². The SMILES string of the molecule is CCc1ccc(OC(=O)c2cccc(N3C(=O)[C@H]4[C@H](C3=O)[C@H]3C=C[C@H]4C3)c2)cc1. The number of amides is 2. The topological polar surface area (TPSA) is 63.7 Å². The number of benzene rings is 2. The number of nitrogens with zero attached hydrogens (tertiary/aromatic N) is 1. The Morgan fingerprint density at radius 1 is 1.00 bits per heavy atom. The highest BCUT2D eigenvalue weighted by atomic mass is 16.5. The Kier molecular flexibility index (Phi) is 4.12. The summed E-state index contributed by atoms with van der Waals surface area (Å²) >= 11 is 0. The van der Waals surface area contributed by atoms with Gasteiger partial charge in [-0.05, 0) is 60.6 Å². The van der Waals surface area contributed by atoms with Crippen molar-refractivity contribution < 1.29 is 19.1 Å². The van der Waals surface area contributed by atoms with Crippen LogP contribution in [0.4, 0.5) is 5.69 Å². The number of rotatable bonds is 4. The predicted octanol–water partition coefficient (Wildman–Crippen LogP) is 3.78. The molecule has 4 atom stereocenters. The number of allylic oxidation sites excluding steroid dienone is 2. The second kappa shape index (κ2) is 6.69. The number of ether oxygens (including phenoxy) is 1. The molecule has 1 saturated heterocycles. The predicted molar refractivity (Wildman–Crippen MR) is 107 cm³/mol. The molecule has 0 N–H and O–H groups in total. The van der Waals surface area contributed by atoms with Gasteiger partial charge in [0, 0.05) is 0 Å². The number of imide groups is 1. The number of carbonyl (C=O) groups excluding carboxylic acids is 3. The fraction of sp³-hybridized carbons (Fsp3) is 0.292. The van der Waals surface area contributed by atoms with Gasteiger partial charge in [-0.2, -0.15) is 0 Å². The molecule has 0 aromatic heterocycles. The first-order chi connectivity index (χ1) is 14.1. The summed E-state index contributed by atoms with van der Waals surface area (Å²) < 4.78 is 5.45. The average Bonchev–Trinajstić information content (AvgIpc) is 3.42. The largest absolute Gasteiger partial charge is 0.423 e. The van der Waals surface area contributed by atoms with Gasteiger partial charge in [-0.15, -0.1) is 0 Å². The maximum Gasteiger partial charge on any atom is 0.343 e. The molecular weight excluding hydrogens is 366 g/mol. The van der Waals surface area contributed by atoms with E-state index in [1.165, 1.54) is 4.90 Å². The second-order valence-corrected chi connectivity index (χ2v) is 7.95. The van der Waals surface area contributed by atoms with Crippen LogP contribution >= 0.6 is 0 Å². The van der Waals surface area contributed by atoms with Gasteiger partial charge in [-0.3, -0.25) is 9.59 Å². The average molecular weight is 387 g/mol. The first-order valence-electron chi connectivity index (χ1n) is 10.0. The summed E-state index contributed by atoms with van der Waals surface area (Å²) in [7, 11) is 0. The fourth-order valence-corrected chi connectivity index (χ4v) is 4.89. The number of aryl methyl sites for hydroxylation is 1. The van der Waals surface area contributed by atoms with Crippen molar-refractivity contribution in [1.82, 2.24) is 0 Å². The maximum atomic E-state index is 13.0. The van der Waals surface area contributed by atoms with Crippen LogP contribution in [0, 0.1) is 23.7 Å². The zero-order chi connectivity index (χ0) is 20.1. The molecule has 2 bridgehead atoms. The van der Waals surface area contributed by atoms with Crippen molar-refractivity contribution in [2.75, 3.05) is 4.90 Å². The third kappa shape index (κ3) is 2.80. The molecule has 2 amide bonds. The van der Waals surface area contributed by atoms with Gasteiger partial charge in [0.1, 0.15) is 5.75 Å². The van der Waals surface area contributed by atoms with Crippen molar-refractivity contribution in [3.05, 3.63) is 71.8 Å². The van der Waals surface area contributed by atoms with Gasteiger partial charge >= 0.3 is 5.97 Å². The van der Waals surface area contributed by atoms with Gasteiger partial charge in [0.2, 0.25) is 11.8 Å². The van der Waals surface area contributed by atoms with Crippen LogP contribution < -0.4 is 9.64 Å². The number of esters is 1. The standard InChI is InChI=1S/C24H21NO4/c1-2-14-6-10-19(11-7-14)29-24(28)17-4-3-5-18(13-17)25-22(26)20-15-8-9-16(12-15)21(20)23(25)27/h3-11,13,15-16,20-21H,2,12H2,1H3/t15-,16-,20+,21+/m0/s1. The molecule has 0 radical (unpaired) electrons. The quantitative estimate of drug-likeness (QED) is 0.347. The van der Waals surface area contributed by atoms with Crippen LogP contribution in [-0.4, -0.2) is 17.8 Å². The maximum absolute atomic E-state index is 13.0. The molecule has 0 spiro atoms. The zero-order valence-corrected chi connectivity index (χ0v) is 16.1. The van der Waals surface area contributed by atoms with Gasteiger partial charge in [0.25, 0.3) is 0 Å². The molecule has 5 heteroatoms. The lowest BCUT2D eigenvalue weighted by Gasteiger charge is -2.18. The minimum Gasteiger partial charge on any atom is -0.423 e. The van der Waals surface area contributed by atoms with E-state index in [9.17, 15) is 14.4 Å². The lowest BCUT2D eigenvalue weighted by molar-refractivity contribution is -0.123. The van der Waals surface area contributed by atoms with E-state index in [2.05, 4.69) is 19.1 Å². The van der Waals surface area contributed by atoms with Crippen molar-refractivity contribution in [2.24, 2.45) is 23.7 Å². The number of fused-ring (bicyclic) bond motifs is 5. The minimum absolute atomic E-state index is 0.155. The molecule has 2 fully saturated rings. The first kappa shape index (κ1) is 17.9. The Bertz CT molecular complexity index is 1010. The molecule has 146 valence electrons. The summed E-state index contributed by atoms with van der Waals surface area (Å²) in [5.74, 6) is -0.568. The molecular formula is C24H21NO4. The summed E-state index contributed by atoms with van der Waals surface area (Å²) in [6.45, 7) is 2.06. The molecule has 1 saturated carbocycles. The first-order valence-corrected chi connectivity index (χ1v) is 10.0. The van der Waals surface area contributed by atoms with Crippen molar-refractivity contribution in [1.29, 1.82) is 0 Å². The molecule has 29 heavy (non-hydrogen) atoms. The summed E-state index contributed by atoms with van der Waals surface area (Å²) in [4.78, 5) is 39.8. The highest BCUT2D eigenvalue weighted by molar-refractivity contribution is 6.23. The lowest BCUT2D eigenvalue weighted by atomic mass is 9.85. The van der Waals surface area contributed by atoms with Crippen LogP contribution in [0.1, 0.15) is 29.3 Å². The number of anilines is 1. The third-order valence-electron chi connectivity index (χ3n) is 6.35. The van der Waals surface area contributed by atoms with Crippen molar-refractivity contribution >= 4 is 23.5 Å². The highest BCUT2D eigenvalue weighted by Crippen LogP contribution is 2.53. The van der Waals surface area contributed by atoms with Crippen LogP contribution in [0.15, 0.2) is 60.7 Å². The minimum atomic E-state index is -0.517. The smallest absolute Gasteiger partial charge is 0.343 e. The third-order valence-corrected chi connectivity index (χ3v) is 6.35. The summed E-state index contributed by atoms with van der Waals surface area (Å²) in [5.41, 5.74) is 1.90.